The molecule has 0 aliphatic heterocycles. The first-order valence-corrected chi connectivity index (χ1v) is 24.1. The number of aliphatic hydroxyl groups is 3. The third-order valence-electron chi connectivity index (χ3n) is 11.2. The average molecular weight is 762 g/mol. The lowest BCUT2D eigenvalue weighted by molar-refractivity contribution is -0.124. The molecular weight excluding hydrogens is 667 g/mol. The topological polar surface area (TPSA) is 89.8 Å². The molecule has 0 aliphatic rings. The molecule has 0 saturated heterocycles. The molecule has 0 radical (unpaired) electrons. The molecule has 0 aromatic heterocycles. The molecule has 0 saturated carbocycles. The Morgan fingerprint density at radius 1 is 0.463 bits per heavy atom. The van der Waals surface area contributed by atoms with Crippen LogP contribution in [0.25, 0.3) is 0 Å². The Morgan fingerprint density at radius 2 is 0.796 bits per heavy atom. The summed E-state index contributed by atoms with van der Waals surface area (Å²) in [4.78, 5) is 12.5. The second-order valence-electron chi connectivity index (χ2n) is 16.7. The number of aliphatic hydroxyl groups excluding tert-OH is 3. The number of rotatable bonds is 44. The van der Waals surface area contributed by atoms with E-state index in [0.717, 1.165) is 32.1 Å². The lowest BCUT2D eigenvalue weighted by Gasteiger charge is -2.21. The number of amides is 1. The van der Waals surface area contributed by atoms with Crippen LogP contribution in [0.5, 0.6) is 0 Å². The third-order valence-corrected chi connectivity index (χ3v) is 11.2. The van der Waals surface area contributed by atoms with Crippen LogP contribution in [0.15, 0.2) is 24.3 Å². The van der Waals surface area contributed by atoms with Gasteiger partial charge in [-0.3, -0.25) is 4.79 Å². The van der Waals surface area contributed by atoms with Crippen molar-refractivity contribution in [3.05, 3.63) is 24.3 Å². The number of hydrogen-bond donors (Lipinski definition) is 4. The molecule has 0 aromatic carbocycles. The quantitative estimate of drug-likeness (QED) is 0.0368. The molecule has 0 rings (SSSR count). The molecule has 54 heavy (non-hydrogen) atoms. The van der Waals surface area contributed by atoms with Gasteiger partial charge in [0.15, 0.2) is 0 Å². The predicted molar refractivity (Wildman–Crippen MR) is 236 cm³/mol. The van der Waals surface area contributed by atoms with E-state index in [0.29, 0.717) is 6.42 Å². The lowest BCUT2D eigenvalue weighted by atomic mass is 10.0. The Hall–Kier alpha value is -1.17. The van der Waals surface area contributed by atoms with E-state index in [9.17, 15) is 20.1 Å². The fourth-order valence-corrected chi connectivity index (χ4v) is 7.53. The van der Waals surface area contributed by atoms with Crippen LogP contribution in [0.1, 0.15) is 258 Å². The Balaban J connectivity index is 3.64. The minimum absolute atomic E-state index is 0.0100. The first-order valence-electron chi connectivity index (χ1n) is 24.1. The smallest absolute Gasteiger partial charge is 0.222 e. The van der Waals surface area contributed by atoms with Gasteiger partial charge in [-0.2, -0.15) is 0 Å². The summed E-state index contributed by atoms with van der Waals surface area (Å²) >= 11 is 0. The summed E-state index contributed by atoms with van der Waals surface area (Å²) < 4.78 is 0. The van der Waals surface area contributed by atoms with E-state index in [-0.39, 0.29) is 18.9 Å². The van der Waals surface area contributed by atoms with E-state index >= 15 is 0 Å². The van der Waals surface area contributed by atoms with Gasteiger partial charge in [-0.15, -0.1) is 0 Å². The standard InChI is InChI=1S/C49H95NO4/c1-3-5-7-9-11-13-15-17-19-21-23-25-26-28-30-32-34-36-38-40-42-46(52)44-49(54)50-47(45-51)48(53)43-41-39-37-35-33-31-29-27-24-22-20-18-16-14-12-10-8-6-4-2/h33,35,41,43,46-48,51-53H,3-32,34,36-40,42,44-45H2,1-2H3,(H,50,54)/b35-33+,43-41+. The van der Waals surface area contributed by atoms with E-state index in [1.165, 1.54) is 199 Å². The summed E-state index contributed by atoms with van der Waals surface area (Å²) in [5.74, 6) is -0.321. The number of carbonyl (C=O) groups excluding carboxylic acids is 1. The minimum atomic E-state index is -0.949. The van der Waals surface area contributed by atoms with Gasteiger partial charge in [0.25, 0.3) is 0 Å². The highest BCUT2D eigenvalue weighted by molar-refractivity contribution is 5.76. The third kappa shape index (κ3) is 40.5. The van der Waals surface area contributed by atoms with Crippen LogP contribution in [-0.2, 0) is 4.79 Å². The molecule has 5 nitrogen and oxygen atoms in total. The SMILES string of the molecule is CCCCCCCCCCCCCCC/C=C/CC/C=C/C(O)C(CO)NC(=O)CC(O)CCCCCCCCCCCCCCCCCCCCCC. The predicted octanol–water partition coefficient (Wildman–Crippen LogP) is 14.2. The van der Waals surface area contributed by atoms with Gasteiger partial charge in [0.1, 0.15) is 0 Å². The monoisotopic (exact) mass is 762 g/mol. The molecule has 0 fully saturated rings. The molecule has 4 N–H and O–H groups in total. The number of nitrogens with one attached hydrogen (secondary N) is 1. The summed E-state index contributed by atoms with van der Waals surface area (Å²) in [6.07, 6.45) is 54.8. The first-order chi connectivity index (χ1) is 26.5. The van der Waals surface area contributed by atoms with Gasteiger partial charge >= 0.3 is 0 Å². The van der Waals surface area contributed by atoms with Crippen LogP contribution in [0.4, 0.5) is 0 Å². The molecule has 0 spiro atoms. The van der Waals surface area contributed by atoms with Gasteiger partial charge < -0.3 is 20.6 Å². The largest absolute Gasteiger partial charge is 0.394 e. The summed E-state index contributed by atoms with van der Waals surface area (Å²) in [5.41, 5.74) is 0. The molecule has 5 heteroatoms. The highest BCUT2D eigenvalue weighted by atomic mass is 16.3. The van der Waals surface area contributed by atoms with Gasteiger partial charge in [-0.05, 0) is 32.1 Å². The first kappa shape index (κ1) is 52.8. The van der Waals surface area contributed by atoms with Crippen molar-refractivity contribution in [2.75, 3.05) is 6.61 Å². The molecule has 320 valence electrons. The second kappa shape index (κ2) is 44.5. The molecule has 0 bridgehead atoms. The summed E-state index contributed by atoms with van der Waals surface area (Å²) in [5, 5.41) is 33.3. The fourth-order valence-electron chi connectivity index (χ4n) is 7.53. The van der Waals surface area contributed by atoms with Gasteiger partial charge in [0.2, 0.25) is 5.91 Å². The molecule has 0 heterocycles. The van der Waals surface area contributed by atoms with E-state index in [4.69, 9.17) is 0 Å². The van der Waals surface area contributed by atoms with Crippen molar-refractivity contribution in [3.8, 4) is 0 Å². The van der Waals surface area contributed by atoms with Gasteiger partial charge in [-0.25, -0.2) is 0 Å². The van der Waals surface area contributed by atoms with E-state index < -0.39 is 18.2 Å². The van der Waals surface area contributed by atoms with Crippen molar-refractivity contribution in [2.45, 2.75) is 276 Å². The minimum Gasteiger partial charge on any atom is -0.394 e. The Morgan fingerprint density at radius 3 is 1.19 bits per heavy atom. The molecule has 0 aliphatic carbocycles. The zero-order valence-electron chi connectivity index (χ0n) is 36.4. The maximum Gasteiger partial charge on any atom is 0.222 e. The molecule has 3 atom stereocenters. The van der Waals surface area contributed by atoms with Gasteiger partial charge in [0.05, 0.1) is 31.3 Å². The molecular formula is C49H95NO4. The maximum atomic E-state index is 12.5. The summed E-state index contributed by atoms with van der Waals surface area (Å²) in [6, 6.07) is -0.758. The van der Waals surface area contributed by atoms with Gasteiger partial charge in [0, 0.05) is 0 Å². The van der Waals surface area contributed by atoms with E-state index in [2.05, 4.69) is 31.3 Å². The number of hydrogen-bond acceptors (Lipinski definition) is 4. The van der Waals surface area contributed by atoms with Crippen molar-refractivity contribution in [1.29, 1.82) is 0 Å². The average Bonchev–Trinajstić information content (AvgIpc) is 3.16. The highest BCUT2D eigenvalue weighted by Crippen LogP contribution is 2.17. The highest BCUT2D eigenvalue weighted by Gasteiger charge is 2.20. The molecule has 0 aromatic rings. The van der Waals surface area contributed by atoms with Crippen LogP contribution < -0.4 is 5.32 Å². The fraction of sp³-hybridized carbons (Fsp3) is 0.898. The van der Waals surface area contributed by atoms with Crippen LogP contribution in [-0.4, -0.2) is 46.1 Å². The normalized spacial score (nSPS) is 13.6. The van der Waals surface area contributed by atoms with Crippen molar-refractivity contribution >= 4 is 5.91 Å². The summed E-state index contributed by atoms with van der Waals surface area (Å²) in [7, 11) is 0. The maximum absolute atomic E-state index is 12.5. The van der Waals surface area contributed by atoms with Crippen molar-refractivity contribution in [1.82, 2.24) is 5.32 Å². The Kier molecular flexibility index (Phi) is 43.6. The zero-order valence-corrected chi connectivity index (χ0v) is 36.4. The number of allylic oxidation sites excluding steroid dienone is 3. The van der Waals surface area contributed by atoms with Crippen LogP contribution in [0.2, 0.25) is 0 Å². The zero-order chi connectivity index (χ0) is 39.4. The van der Waals surface area contributed by atoms with Crippen LogP contribution >= 0.6 is 0 Å². The van der Waals surface area contributed by atoms with E-state index in [1.54, 1.807) is 6.08 Å². The molecule has 3 unspecified atom stereocenters. The lowest BCUT2D eigenvalue weighted by Crippen LogP contribution is -2.45. The van der Waals surface area contributed by atoms with Crippen molar-refractivity contribution in [2.24, 2.45) is 0 Å². The van der Waals surface area contributed by atoms with Crippen LogP contribution in [0, 0.1) is 0 Å². The second-order valence-corrected chi connectivity index (χ2v) is 16.7. The number of unbranched alkanes of at least 4 members (excludes halogenated alkanes) is 33. The Bertz CT molecular complexity index is 799. The number of carbonyl (C=O) groups is 1. The molecule has 1 amide bonds. The van der Waals surface area contributed by atoms with Crippen molar-refractivity contribution in [3.63, 3.8) is 0 Å². The Labute approximate surface area is 337 Å². The van der Waals surface area contributed by atoms with Crippen molar-refractivity contribution < 1.29 is 20.1 Å². The van der Waals surface area contributed by atoms with Gasteiger partial charge in [-0.1, -0.05) is 244 Å². The van der Waals surface area contributed by atoms with E-state index in [1.807, 2.05) is 6.08 Å². The van der Waals surface area contributed by atoms with Crippen LogP contribution in [0.3, 0.4) is 0 Å². The summed E-state index contributed by atoms with van der Waals surface area (Å²) in [6.45, 7) is 4.22.